The molecular weight excluding hydrogens is 284 g/mol. The van der Waals surface area contributed by atoms with Crippen molar-refractivity contribution in [2.45, 2.75) is 19.4 Å². The Hall–Kier alpha value is -1.46. The molecule has 1 atom stereocenters. The second-order valence-corrected chi connectivity index (χ2v) is 5.00. The second kappa shape index (κ2) is 6.33. The van der Waals surface area contributed by atoms with Crippen molar-refractivity contribution in [1.82, 2.24) is 15.1 Å². The van der Waals surface area contributed by atoms with Crippen molar-refractivity contribution < 1.29 is 8.78 Å². The number of hydrogen-bond acceptors (Lipinski definition) is 2. The number of rotatable bonds is 5. The number of nitrogens with zero attached hydrogens (tertiary/aromatic N) is 2. The molecule has 3 nitrogen and oxygen atoms in total. The highest BCUT2D eigenvalue weighted by Crippen LogP contribution is 2.28. The van der Waals surface area contributed by atoms with E-state index in [0.29, 0.717) is 22.8 Å². The zero-order valence-electron chi connectivity index (χ0n) is 11.3. The van der Waals surface area contributed by atoms with Gasteiger partial charge in [0.1, 0.15) is 11.6 Å². The van der Waals surface area contributed by atoms with Crippen LogP contribution >= 0.6 is 11.6 Å². The molecule has 0 radical (unpaired) electrons. The molecule has 1 aromatic carbocycles. The van der Waals surface area contributed by atoms with Crippen molar-refractivity contribution in [1.29, 1.82) is 0 Å². The fraction of sp³-hybridized carbons (Fsp3) is 0.357. The summed E-state index contributed by atoms with van der Waals surface area (Å²) >= 11 is 6.14. The van der Waals surface area contributed by atoms with Crippen molar-refractivity contribution >= 4 is 11.6 Å². The molecule has 0 aliphatic carbocycles. The largest absolute Gasteiger partial charge is 0.305 e. The van der Waals surface area contributed by atoms with Gasteiger partial charge >= 0.3 is 0 Å². The van der Waals surface area contributed by atoms with Crippen molar-refractivity contribution in [3.8, 4) is 0 Å². The Morgan fingerprint density at radius 1 is 1.30 bits per heavy atom. The molecule has 1 unspecified atom stereocenters. The number of benzene rings is 1. The first-order chi connectivity index (χ1) is 9.52. The van der Waals surface area contributed by atoms with Crippen molar-refractivity contribution in [3.05, 3.63) is 52.3 Å². The van der Waals surface area contributed by atoms with Gasteiger partial charge in [0.25, 0.3) is 0 Å². The third kappa shape index (κ3) is 3.16. The Bertz CT molecular complexity index is 558. The Balaban J connectivity index is 2.47. The highest BCUT2D eigenvalue weighted by molar-refractivity contribution is 6.31. The van der Waals surface area contributed by atoms with E-state index in [1.54, 1.807) is 11.7 Å². The molecular formula is C14H16ClF2N3. The Kier molecular flexibility index (Phi) is 4.73. The molecule has 0 amide bonds. The third-order valence-electron chi connectivity index (χ3n) is 3.03. The molecule has 0 aliphatic heterocycles. The number of nitrogens with one attached hydrogen (secondary N) is 1. The van der Waals surface area contributed by atoms with Crippen molar-refractivity contribution in [3.63, 3.8) is 0 Å². The van der Waals surface area contributed by atoms with Crippen molar-refractivity contribution in [2.75, 3.05) is 6.54 Å². The zero-order valence-corrected chi connectivity index (χ0v) is 12.1. The SMILES string of the molecule is CCCNC(c1cc(F)cc(F)c1)c1c(Cl)cnn1C. The minimum atomic E-state index is -0.610. The monoisotopic (exact) mass is 299 g/mol. The zero-order chi connectivity index (χ0) is 14.7. The van der Waals surface area contributed by atoms with E-state index in [1.165, 1.54) is 18.3 Å². The number of aromatic nitrogens is 2. The molecule has 0 saturated carbocycles. The predicted molar refractivity (Wildman–Crippen MR) is 74.7 cm³/mol. The highest BCUT2D eigenvalue weighted by Gasteiger charge is 2.21. The summed E-state index contributed by atoms with van der Waals surface area (Å²) in [6.45, 7) is 2.71. The minimum Gasteiger partial charge on any atom is -0.305 e. The fourth-order valence-corrected chi connectivity index (χ4v) is 2.42. The van der Waals surface area contributed by atoms with Crippen LogP contribution in [0.25, 0.3) is 0 Å². The first kappa shape index (κ1) is 14.9. The van der Waals surface area contributed by atoms with Gasteiger partial charge in [-0.3, -0.25) is 4.68 Å². The van der Waals surface area contributed by atoms with Gasteiger partial charge in [0, 0.05) is 13.1 Å². The van der Waals surface area contributed by atoms with Crippen LogP contribution in [0.4, 0.5) is 8.78 Å². The van der Waals surface area contributed by atoms with Gasteiger partial charge < -0.3 is 5.32 Å². The van der Waals surface area contributed by atoms with E-state index >= 15 is 0 Å². The van der Waals surface area contributed by atoms with E-state index < -0.39 is 17.7 Å². The summed E-state index contributed by atoms with van der Waals surface area (Å²) in [5, 5.41) is 7.78. The first-order valence-corrected chi connectivity index (χ1v) is 6.77. The standard InChI is InChI=1S/C14H16ClF2N3/c1-3-4-18-13(14-12(15)8-19-20(14)2)9-5-10(16)7-11(17)6-9/h5-8,13,18H,3-4H2,1-2H3. The summed E-state index contributed by atoms with van der Waals surface area (Å²) in [4.78, 5) is 0. The highest BCUT2D eigenvalue weighted by atomic mass is 35.5. The normalized spacial score (nSPS) is 12.7. The molecule has 108 valence electrons. The maximum Gasteiger partial charge on any atom is 0.126 e. The lowest BCUT2D eigenvalue weighted by molar-refractivity contribution is 0.536. The minimum absolute atomic E-state index is 0.403. The predicted octanol–water partition coefficient (Wildman–Crippen LogP) is 3.44. The molecule has 0 bridgehead atoms. The Morgan fingerprint density at radius 3 is 2.45 bits per heavy atom. The molecule has 1 aromatic heterocycles. The first-order valence-electron chi connectivity index (χ1n) is 6.39. The molecule has 2 aromatic rings. The lowest BCUT2D eigenvalue weighted by Crippen LogP contribution is -2.25. The molecule has 2 rings (SSSR count). The molecule has 1 N–H and O–H groups in total. The quantitative estimate of drug-likeness (QED) is 0.916. The van der Waals surface area contributed by atoms with E-state index in [4.69, 9.17) is 11.6 Å². The van der Waals surface area contributed by atoms with E-state index in [-0.39, 0.29) is 0 Å². The van der Waals surface area contributed by atoms with Crippen LogP contribution in [0.15, 0.2) is 24.4 Å². The summed E-state index contributed by atoms with van der Waals surface area (Å²) in [7, 11) is 1.75. The topological polar surface area (TPSA) is 29.9 Å². The molecule has 0 fully saturated rings. The van der Waals surface area contributed by atoms with Crippen LogP contribution in [-0.2, 0) is 7.05 Å². The summed E-state index contributed by atoms with van der Waals surface area (Å²) in [6, 6.07) is 3.06. The Labute approximate surface area is 121 Å². The van der Waals surface area contributed by atoms with Crippen LogP contribution in [0.3, 0.4) is 0 Å². The lowest BCUT2D eigenvalue weighted by atomic mass is 10.0. The summed E-state index contributed by atoms with van der Waals surface area (Å²) < 4.78 is 28.5. The van der Waals surface area contributed by atoms with E-state index in [1.807, 2.05) is 6.92 Å². The molecule has 0 saturated heterocycles. The van der Waals surface area contributed by atoms with Crippen LogP contribution in [0.1, 0.15) is 30.6 Å². The summed E-state index contributed by atoms with van der Waals surface area (Å²) in [5.41, 5.74) is 1.17. The summed E-state index contributed by atoms with van der Waals surface area (Å²) in [6.07, 6.45) is 2.41. The number of halogens is 3. The van der Waals surface area contributed by atoms with Crippen LogP contribution in [-0.4, -0.2) is 16.3 Å². The van der Waals surface area contributed by atoms with E-state index in [2.05, 4.69) is 10.4 Å². The van der Waals surface area contributed by atoms with Gasteiger partial charge in [-0.25, -0.2) is 8.78 Å². The van der Waals surface area contributed by atoms with Crippen LogP contribution in [0, 0.1) is 11.6 Å². The van der Waals surface area contributed by atoms with Crippen LogP contribution in [0.5, 0.6) is 0 Å². The van der Waals surface area contributed by atoms with Crippen LogP contribution < -0.4 is 5.32 Å². The third-order valence-corrected chi connectivity index (χ3v) is 3.32. The fourth-order valence-electron chi connectivity index (χ4n) is 2.15. The molecule has 6 heteroatoms. The van der Waals surface area contributed by atoms with Gasteiger partial charge in [0.05, 0.1) is 23.0 Å². The summed E-state index contributed by atoms with van der Waals surface area (Å²) in [5.74, 6) is -1.22. The van der Waals surface area contributed by atoms with Crippen molar-refractivity contribution in [2.24, 2.45) is 7.05 Å². The van der Waals surface area contributed by atoms with Gasteiger partial charge in [0.2, 0.25) is 0 Å². The van der Waals surface area contributed by atoms with Gasteiger partial charge in [0.15, 0.2) is 0 Å². The molecule has 1 heterocycles. The lowest BCUT2D eigenvalue weighted by Gasteiger charge is -2.20. The maximum absolute atomic E-state index is 13.4. The van der Waals surface area contributed by atoms with Gasteiger partial charge in [-0.15, -0.1) is 0 Å². The number of aryl methyl sites for hydroxylation is 1. The van der Waals surface area contributed by atoms with Gasteiger partial charge in [-0.1, -0.05) is 18.5 Å². The molecule has 0 aliphatic rings. The van der Waals surface area contributed by atoms with E-state index in [9.17, 15) is 8.78 Å². The molecule has 0 spiro atoms. The van der Waals surface area contributed by atoms with E-state index in [0.717, 1.165) is 12.5 Å². The molecule has 20 heavy (non-hydrogen) atoms. The van der Waals surface area contributed by atoms with Crippen LogP contribution in [0.2, 0.25) is 5.02 Å². The van der Waals surface area contributed by atoms with Gasteiger partial charge in [-0.05, 0) is 30.7 Å². The Morgan fingerprint density at radius 2 is 1.95 bits per heavy atom. The average molecular weight is 300 g/mol. The number of hydrogen-bond donors (Lipinski definition) is 1. The second-order valence-electron chi connectivity index (χ2n) is 4.59. The smallest absolute Gasteiger partial charge is 0.126 e. The maximum atomic E-state index is 13.4. The van der Waals surface area contributed by atoms with Gasteiger partial charge in [-0.2, -0.15) is 5.10 Å². The average Bonchev–Trinajstić information content (AvgIpc) is 2.70.